The quantitative estimate of drug-likeness (QED) is 0.784. The second-order valence-corrected chi connectivity index (χ2v) is 6.28. The van der Waals surface area contributed by atoms with Gasteiger partial charge in [0, 0.05) is 30.8 Å². The van der Waals surface area contributed by atoms with Crippen LogP contribution in [-0.2, 0) is 4.79 Å². The second-order valence-electron chi connectivity index (χ2n) is 5.25. The van der Waals surface area contributed by atoms with Crippen LogP contribution in [0.15, 0.2) is 0 Å². The fourth-order valence-electron chi connectivity index (χ4n) is 2.55. The van der Waals surface area contributed by atoms with E-state index in [1.807, 2.05) is 0 Å². The van der Waals surface area contributed by atoms with Gasteiger partial charge in [0.25, 0.3) is 0 Å². The molecular formula is C13H25N3OS. The zero-order chi connectivity index (χ0) is 12.8. The minimum atomic E-state index is 0.0353. The molecule has 2 aliphatic heterocycles. The van der Waals surface area contributed by atoms with Crippen LogP contribution in [-0.4, -0.2) is 54.2 Å². The monoisotopic (exact) mass is 271 g/mol. The summed E-state index contributed by atoms with van der Waals surface area (Å²) in [5, 5.41) is 6.42. The van der Waals surface area contributed by atoms with Crippen molar-refractivity contribution in [1.29, 1.82) is 0 Å². The second kappa shape index (κ2) is 7.36. The summed E-state index contributed by atoms with van der Waals surface area (Å²) < 4.78 is 0. The molecule has 18 heavy (non-hydrogen) atoms. The molecule has 0 aromatic carbocycles. The van der Waals surface area contributed by atoms with Gasteiger partial charge in [-0.05, 0) is 25.8 Å². The Hall–Kier alpha value is -0.260. The lowest BCUT2D eigenvalue weighted by Gasteiger charge is -2.32. The predicted molar refractivity (Wildman–Crippen MR) is 76.8 cm³/mol. The third kappa shape index (κ3) is 4.14. The number of amides is 1. The van der Waals surface area contributed by atoms with Crippen molar-refractivity contribution in [2.45, 2.75) is 44.7 Å². The van der Waals surface area contributed by atoms with Gasteiger partial charge >= 0.3 is 0 Å². The summed E-state index contributed by atoms with van der Waals surface area (Å²) in [6, 6.07) is 0.427. The highest BCUT2D eigenvalue weighted by atomic mass is 32.2. The Balaban J connectivity index is 1.65. The maximum absolute atomic E-state index is 12.0. The lowest BCUT2D eigenvalue weighted by Crippen LogP contribution is -2.50. The summed E-state index contributed by atoms with van der Waals surface area (Å²) in [5.74, 6) is 2.03. The molecule has 2 rings (SSSR count). The molecule has 2 fully saturated rings. The van der Waals surface area contributed by atoms with Crippen LogP contribution in [0.4, 0.5) is 0 Å². The number of carbonyl (C=O) groups excluding carboxylic acids is 1. The van der Waals surface area contributed by atoms with Crippen molar-refractivity contribution < 1.29 is 4.79 Å². The average Bonchev–Trinajstić information content (AvgIpc) is 2.92. The van der Waals surface area contributed by atoms with Gasteiger partial charge in [-0.3, -0.25) is 10.1 Å². The number of likely N-dealkylation sites (tertiary alicyclic amines) is 1. The number of nitrogens with one attached hydrogen (secondary N) is 2. The molecule has 2 N–H and O–H groups in total. The molecule has 0 spiro atoms. The average molecular weight is 271 g/mol. The fourth-order valence-corrected chi connectivity index (χ4v) is 3.49. The molecule has 0 radical (unpaired) electrons. The Kier molecular flexibility index (Phi) is 5.79. The van der Waals surface area contributed by atoms with Gasteiger partial charge < -0.3 is 10.2 Å². The molecule has 5 heteroatoms. The van der Waals surface area contributed by atoms with Gasteiger partial charge in [-0.1, -0.05) is 13.3 Å². The summed E-state index contributed by atoms with van der Waals surface area (Å²) in [6.07, 6.45) is 4.77. The van der Waals surface area contributed by atoms with E-state index in [1.54, 1.807) is 11.8 Å². The molecule has 104 valence electrons. The van der Waals surface area contributed by atoms with E-state index in [-0.39, 0.29) is 11.9 Å². The first kappa shape index (κ1) is 14.2. The largest absolute Gasteiger partial charge is 0.352 e. The molecule has 2 saturated heterocycles. The van der Waals surface area contributed by atoms with Crippen LogP contribution in [0.1, 0.15) is 32.6 Å². The van der Waals surface area contributed by atoms with E-state index in [9.17, 15) is 4.79 Å². The molecule has 2 heterocycles. The van der Waals surface area contributed by atoms with Crippen LogP contribution in [0.5, 0.6) is 0 Å². The lowest BCUT2D eigenvalue weighted by atomic mass is 10.0. The summed E-state index contributed by atoms with van der Waals surface area (Å²) in [5.41, 5.74) is 0. The minimum absolute atomic E-state index is 0.0353. The molecule has 0 aliphatic carbocycles. The Morgan fingerprint density at radius 1 is 1.44 bits per heavy atom. The lowest BCUT2D eigenvalue weighted by molar-refractivity contribution is -0.123. The normalized spacial score (nSPS) is 26.4. The van der Waals surface area contributed by atoms with Gasteiger partial charge in [0.15, 0.2) is 0 Å². The molecule has 0 bridgehead atoms. The van der Waals surface area contributed by atoms with Crippen molar-refractivity contribution in [2.75, 3.05) is 31.3 Å². The Morgan fingerprint density at radius 2 is 2.22 bits per heavy atom. The van der Waals surface area contributed by atoms with Crippen LogP contribution in [0.25, 0.3) is 0 Å². The molecule has 1 atom stereocenters. The van der Waals surface area contributed by atoms with Crippen LogP contribution in [0, 0.1) is 0 Å². The van der Waals surface area contributed by atoms with E-state index >= 15 is 0 Å². The van der Waals surface area contributed by atoms with Gasteiger partial charge in [-0.2, -0.15) is 0 Å². The number of carbonyl (C=O) groups is 1. The number of hydrogen-bond acceptors (Lipinski definition) is 4. The molecule has 0 saturated carbocycles. The van der Waals surface area contributed by atoms with Crippen molar-refractivity contribution in [2.24, 2.45) is 0 Å². The maximum Gasteiger partial charge on any atom is 0.238 e. The van der Waals surface area contributed by atoms with Crippen molar-refractivity contribution >= 4 is 17.7 Å². The molecule has 4 nitrogen and oxygen atoms in total. The highest BCUT2D eigenvalue weighted by Crippen LogP contribution is 2.13. The van der Waals surface area contributed by atoms with E-state index in [1.165, 1.54) is 19.4 Å². The molecule has 2 aliphatic rings. The molecule has 0 aromatic rings. The van der Waals surface area contributed by atoms with Crippen LogP contribution >= 0.6 is 11.8 Å². The van der Waals surface area contributed by atoms with E-state index < -0.39 is 0 Å². The highest BCUT2D eigenvalue weighted by Gasteiger charge is 2.26. The Morgan fingerprint density at radius 3 is 2.83 bits per heavy atom. The maximum atomic E-state index is 12.0. The predicted octanol–water partition coefficient (Wildman–Crippen LogP) is 1.03. The molecule has 1 unspecified atom stereocenters. The molecule has 0 aromatic heterocycles. The van der Waals surface area contributed by atoms with E-state index in [0.717, 1.165) is 37.6 Å². The molecule has 1 amide bonds. The Labute approximate surface area is 114 Å². The van der Waals surface area contributed by atoms with Crippen molar-refractivity contribution in [1.82, 2.24) is 15.5 Å². The first-order valence-electron chi connectivity index (χ1n) is 7.13. The fraction of sp³-hybridized carbons (Fsp3) is 0.923. The number of piperidine rings is 1. The summed E-state index contributed by atoms with van der Waals surface area (Å²) in [4.78, 5) is 14.5. The highest BCUT2D eigenvalue weighted by molar-refractivity contribution is 7.99. The first-order chi connectivity index (χ1) is 8.79. The topological polar surface area (TPSA) is 44.4 Å². The summed E-state index contributed by atoms with van der Waals surface area (Å²) in [7, 11) is 0. The zero-order valence-corrected chi connectivity index (χ0v) is 12.1. The number of nitrogens with zero attached hydrogens (tertiary/aromatic N) is 1. The number of unbranched alkanes of at least 4 members (excludes halogenated alkanes) is 1. The van der Waals surface area contributed by atoms with Crippen molar-refractivity contribution in [3.05, 3.63) is 0 Å². The standard InChI is InChI=1S/C13H25N3OS/c1-2-3-6-16-7-4-11(5-8-16)15-13(17)12-9-18-10-14-12/h11-12,14H,2-10H2,1H3,(H,15,17). The van der Waals surface area contributed by atoms with E-state index in [2.05, 4.69) is 22.5 Å². The number of rotatable bonds is 5. The van der Waals surface area contributed by atoms with E-state index in [0.29, 0.717) is 6.04 Å². The third-order valence-corrected chi connectivity index (χ3v) is 4.73. The smallest absolute Gasteiger partial charge is 0.238 e. The van der Waals surface area contributed by atoms with Gasteiger partial charge in [0.2, 0.25) is 5.91 Å². The Bertz CT molecular complexity index is 261. The van der Waals surface area contributed by atoms with Crippen LogP contribution in [0.3, 0.4) is 0 Å². The first-order valence-corrected chi connectivity index (χ1v) is 8.29. The van der Waals surface area contributed by atoms with Crippen LogP contribution < -0.4 is 10.6 Å². The van der Waals surface area contributed by atoms with Crippen molar-refractivity contribution in [3.63, 3.8) is 0 Å². The summed E-state index contributed by atoms with van der Waals surface area (Å²) in [6.45, 7) is 5.73. The minimum Gasteiger partial charge on any atom is -0.352 e. The summed E-state index contributed by atoms with van der Waals surface area (Å²) >= 11 is 1.80. The number of hydrogen-bond donors (Lipinski definition) is 2. The van der Waals surface area contributed by atoms with Gasteiger partial charge in [-0.15, -0.1) is 11.8 Å². The number of thioether (sulfide) groups is 1. The zero-order valence-electron chi connectivity index (χ0n) is 11.3. The molecular weight excluding hydrogens is 246 g/mol. The van der Waals surface area contributed by atoms with Gasteiger partial charge in [0.1, 0.15) is 0 Å². The van der Waals surface area contributed by atoms with Crippen molar-refractivity contribution in [3.8, 4) is 0 Å². The van der Waals surface area contributed by atoms with Crippen LogP contribution in [0.2, 0.25) is 0 Å². The SMILES string of the molecule is CCCCN1CCC(NC(=O)C2CSCN2)CC1. The van der Waals surface area contributed by atoms with E-state index in [4.69, 9.17) is 0 Å². The third-order valence-electron chi connectivity index (χ3n) is 3.79. The van der Waals surface area contributed by atoms with Gasteiger partial charge in [0.05, 0.1) is 6.04 Å². The van der Waals surface area contributed by atoms with Gasteiger partial charge in [-0.25, -0.2) is 0 Å².